The number of aliphatic imine (C=N–C) groups is 1. The largest absolute Gasteiger partial charge is 0.508 e. The van der Waals surface area contributed by atoms with Gasteiger partial charge >= 0.3 is 5.97 Å². The molecule has 0 aliphatic carbocycles. The van der Waals surface area contributed by atoms with Gasteiger partial charge in [0.25, 0.3) is 0 Å². The van der Waals surface area contributed by atoms with E-state index in [-0.39, 0.29) is 17.3 Å². The molecule has 3 aromatic rings. The number of nitrogens with zero attached hydrogens (tertiary/aromatic N) is 2. The van der Waals surface area contributed by atoms with Crippen LogP contribution in [0.4, 0.5) is 0 Å². The second kappa shape index (κ2) is 7.48. The van der Waals surface area contributed by atoms with Crippen LogP contribution in [0, 0.1) is 0 Å². The van der Waals surface area contributed by atoms with E-state index in [1.54, 1.807) is 36.4 Å². The summed E-state index contributed by atoms with van der Waals surface area (Å²) in [4.78, 5) is 16.3. The number of para-hydroxylation sites is 1. The van der Waals surface area contributed by atoms with E-state index in [0.29, 0.717) is 0 Å². The fourth-order valence-electron chi connectivity index (χ4n) is 3.16. The fourth-order valence-corrected chi connectivity index (χ4v) is 3.16. The maximum absolute atomic E-state index is 12.1. The van der Waals surface area contributed by atoms with Crippen LogP contribution in [0.15, 0.2) is 77.4 Å². The molecule has 1 N–H and O–H groups in total. The summed E-state index contributed by atoms with van der Waals surface area (Å²) in [6, 6.07) is 18.8. The molecule has 5 nitrogen and oxygen atoms in total. The number of hydrogen-bond acceptors (Lipinski definition) is 4. The van der Waals surface area contributed by atoms with Crippen LogP contribution in [0.1, 0.15) is 18.2 Å². The number of pyridine rings is 1. The minimum atomic E-state index is -0.491. The first-order valence-electron chi connectivity index (χ1n) is 9.05. The third-order valence-corrected chi connectivity index (χ3v) is 4.52. The van der Waals surface area contributed by atoms with Crippen molar-refractivity contribution in [1.29, 1.82) is 0 Å². The molecule has 0 fully saturated rings. The first-order valence-corrected chi connectivity index (χ1v) is 9.05. The Kier molecular flexibility index (Phi) is 4.72. The van der Waals surface area contributed by atoms with Crippen molar-refractivity contribution in [2.24, 2.45) is 4.99 Å². The number of carbonyl (C=O) groups excluding carboxylic acids is 1. The molecule has 1 aliphatic heterocycles. The summed E-state index contributed by atoms with van der Waals surface area (Å²) in [5.41, 5.74) is 3.13. The Morgan fingerprint density at radius 3 is 2.61 bits per heavy atom. The van der Waals surface area contributed by atoms with E-state index in [9.17, 15) is 9.90 Å². The quantitative estimate of drug-likeness (QED) is 0.430. The van der Waals surface area contributed by atoms with Gasteiger partial charge in [0.1, 0.15) is 12.3 Å². The highest BCUT2D eigenvalue weighted by Crippen LogP contribution is 2.18. The molecule has 0 spiro atoms. The molecule has 138 valence electrons. The van der Waals surface area contributed by atoms with E-state index in [0.717, 1.165) is 23.3 Å². The molecule has 0 radical (unpaired) electrons. The van der Waals surface area contributed by atoms with Crippen LogP contribution in [-0.2, 0) is 16.1 Å². The van der Waals surface area contributed by atoms with Gasteiger partial charge in [-0.25, -0.2) is 9.79 Å². The highest BCUT2D eigenvalue weighted by Gasteiger charge is 2.21. The van der Waals surface area contributed by atoms with Crippen molar-refractivity contribution >= 4 is 34.9 Å². The molecule has 0 saturated carbocycles. The summed E-state index contributed by atoms with van der Waals surface area (Å²) in [5.74, 6) is -0.0664. The lowest BCUT2D eigenvalue weighted by Crippen LogP contribution is -2.36. The minimum Gasteiger partial charge on any atom is -0.508 e. The van der Waals surface area contributed by atoms with E-state index < -0.39 is 5.97 Å². The molecular formula is C23H19N2O3+. The van der Waals surface area contributed by atoms with Gasteiger partial charge in [-0.2, -0.15) is 4.57 Å². The molecule has 1 aromatic heterocycles. The van der Waals surface area contributed by atoms with Crippen molar-refractivity contribution in [3.8, 4) is 5.75 Å². The van der Waals surface area contributed by atoms with Crippen molar-refractivity contribution in [3.05, 3.63) is 83.7 Å². The molecule has 28 heavy (non-hydrogen) atoms. The normalized spacial score (nSPS) is 15.4. The molecule has 1 aliphatic rings. The molecular weight excluding hydrogens is 352 g/mol. The molecule has 5 heteroatoms. The third kappa shape index (κ3) is 3.55. The lowest BCUT2D eigenvalue weighted by atomic mass is 10.2. The van der Waals surface area contributed by atoms with Gasteiger partial charge in [-0.1, -0.05) is 24.3 Å². The Bertz CT molecular complexity index is 1140. The maximum Gasteiger partial charge on any atom is 0.363 e. The topological polar surface area (TPSA) is 62.8 Å². The number of cyclic esters (lactones) is 1. The zero-order valence-corrected chi connectivity index (χ0v) is 15.4. The maximum atomic E-state index is 12.1. The number of aryl methyl sites for hydroxylation is 1. The summed E-state index contributed by atoms with van der Waals surface area (Å²) >= 11 is 0. The molecule has 0 amide bonds. The third-order valence-electron chi connectivity index (χ3n) is 4.52. The number of aromatic nitrogens is 1. The zero-order valence-electron chi connectivity index (χ0n) is 15.4. The lowest BCUT2D eigenvalue weighted by molar-refractivity contribution is -0.669. The molecule has 0 atom stereocenters. The van der Waals surface area contributed by atoms with Crippen molar-refractivity contribution in [3.63, 3.8) is 0 Å². The van der Waals surface area contributed by atoms with Gasteiger partial charge in [0.2, 0.25) is 17.1 Å². The number of esters is 1. The Labute approximate surface area is 162 Å². The fraction of sp³-hybridized carbons (Fsp3) is 0.0870. The van der Waals surface area contributed by atoms with Crippen LogP contribution in [0.5, 0.6) is 5.75 Å². The predicted molar refractivity (Wildman–Crippen MR) is 108 cm³/mol. The molecule has 0 saturated heterocycles. The molecule has 2 aromatic carbocycles. The number of ether oxygens (including phenoxy) is 1. The predicted octanol–water partition coefficient (Wildman–Crippen LogP) is 3.86. The van der Waals surface area contributed by atoms with Gasteiger partial charge in [-0.05, 0) is 42.8 Å². The van der Waals surface area contributed by atoms with E-state index >= 15 is 0 Å². The number of aromatic hydroxyl groups is 1. The van der Waals surface area contributed by atoms with E-state index in [1.807, 2.05) is 24.3 Å². The summed E-state index contributed by atoms with van der Waals surface area (Å²) in [6.45, 7) is 2.91. The molecule has 2 heterocycles. The van der Waals surface area contributed by atoms with E-state index in [2.05, 4.69) is 34.7 Å². The lowest BCUT2D eigenvalue weighted by Gasteiger charge is -2.02. The number of phenolic OH excluding ortho intramolecular Hbond substituents is 1. The van der Waals surface area contributed by atoms with Crippen LogP contribution in [0.2, 0.25) is 0 Å². The van der Waals surface area contributed by atoms with Crippen molar-refractivity contribution in [2.75, 3.05) is 0 Å². The van der Waals surface area contributed by atoms with Crippen LogP contribution < -0.4 is 4.57 Å². The van der Waals surface area contributed by atoms with Gasteiger partial charge in [0, 0.05) is 29.7 Å². The number of phenols is 1. The number of carbonyl (C=O) groups is 1. The highest BCUT2D eigenvalue weighted by atomic mass is 16.6. The first-order chi connectivity index (χ1) is 13.6. The molecule has 4 rings (SSSR count). The van der Waals surface area contributed by atoms with Crippen LogP contribution in [-0.4, -0.2) is 17.0 Å². The zero-order chi connectivity index (χ0) is 19.5. The first kappa shape index (κ1) is 17.7. The van der Waals surface area contributed by atoms with Gasteiger partial charge in [-0.15, -0.1) is 0 Å². The Hall–Kier alpha value is -3.73. The number of fused-ring (bicyclic) bond motifs is 1. The Balaban J connectivity index is 1.62. The van der Waals surface area contributed by atoms with Crippen LogP contribution in [0.3, 0.4) is 0 Å². The van der Waals surface area contributed by atoms with E-state index in [1.165, 1.54) is 5.39 Å². The van der Waals surface area contributed by atoms with Gasteiger partial charge in [0.05, 0.1) is 0 Å². The minimum absolute atomic E-state index is 0.169. The summed E-state index contributed by atoms with van der Waals surface area (Å²) in [5, 5.41) is 10.5. The van der Waals surface area contributed by atoms with Crippen molar-refractivity contribution in [1.82, 2.24) is 0 Å². The average molecular weight is 371 g/mol. The van der Waals surface area contributed by atoms with E-state index in [4.69, 9.17) is 4.74 Å². The van der Waals surface area contributed by atoms with Gasteiger partial charge < -0.3 is 9.84 Å². The summed E-state index contributed by atoms with van der Waals surface area (Å²) < 4.78 is 7.44. The number of hydrogen-bond donors (Lipinski definition) is 1. The average Bonchev–Trinajstić information content (AvgIpc) is 3.06. The second-order valence-corrected chi connectivity index (χ2v) is 6.36. The summed E-state index contributed by atoms with van der Waals surface area (Å²) in [7, 11) is 0. The highest BCUT2D eigenvalue weighted by molar-refractivity contribution is 6.11. The monoisotopic (exact) mass is 371 g/mol. The Morgan fingerprint density at radius 1 is 1.04 bits per heavy atom. The van der Waals surface area contributed by atoms with Gasteiger partial charge in [-0.3, -0.25) is 0 Å². The Morgan fingerprint density at radius 2 is 1.82 bits per heavy atom. The standard InChI is InChI=1S/C23H18N2O3/c1-2-25-18(10-9-17-5-3-4-6-21(17)25)11-14-22-24-20(23(27)28-22)15-16-7-12-19(26)13-8-16/h3-15H,2H2,1H3/p+1. The summed E-state index contributed by atoms with van der Waals surface area (Å²) in [6.07, 6.45) is 5.22. The van der Waals surface area contributed by atoms with Crippen LogP contribution in [0.25, 0.3) is 23.1 Å². The SMILES string of the molecule is CC[n+]1c(C=CC2=NC(=Cc3ccc(O)cc3)C(=O)O2)ccc2ccccc21. The smallest absolute Gasteiger partial charge is 0.363 e. The molecule has 0 bridgehead atoms. The number of benzene rings is 2. The van der Waals surface area contributed by atoms with Crippen molar-refractivity contribution < 1.29 is 19.2 Å². The number of rotatable bonds is 4. The van der Waals surface area contributed by atoms with Gasteiger partial charge in [0.15, 0.2) is 5.70 Å². The second-order valence-electron chi connectivity index (χ2n) is 6.36. The van der Waals surface area contributed by atoms with Crippen molar-refractivity contribution in [2.45, 2.75) is 13.5 Å². The molecule has 0 unspecified atom stereocenters. The van der Waals surface area contributed by atoms with Crippen LogP contribution >= 0.6 is 0 Å².